The molecule has 5 nitrogen and oxygen atoms in total. The van der Waals surface area contributed by atoms with E-state index in [0.717, 1.165) is 25.9 Å². The molecular formula is C15H30N2O3. The zero-order chi connectivity index (χ0) is 15.3. The molecule has 1 fully saturated rings. The molecule has 0 saturated carbocycles. The minimum atomic E-state index is -0.372. The predicted molar refractivity (Wildman–Crippen MR) is 79.6 cm³/mol. The quantitative estimate of drug-likeness (QED) is 0.809. The summed E-state index contributed by atoms with van der Waals surface area (Å²) < 4.78 is 4.69. The largest absolute Gasteiger partial charge is 0.453 e. The normalized spacial score (nSPS) is 25.8. The van der Waals surface area contributed by atoms with Crippen molar-refractivity contribution in [1.29, 1.82) is 0 Å². The van der Waals surface area contributed by atoms with E-state index < -0.39 is 0 Å². The van der Waals surface area contributed by atoms with Crippen molar-refractivity contribution >= 4 is 6.09 Å². The highest BCUT2D eigenvalue weighted by atomic mass is 16.5. The second kappa shape index (κ2) is 7.84. The molecule has 3 unspecified atom stereocenters. The third kappa shape index (κ3) is 5.29. The van der Waals surface area contributed by atoms with Crippen LogP contribution in [0.15, 0.2) is 0 Å². The number of hydrogen-bond acceptors (Lipinski definition) is 4. The van der Waals surface area contributed by atoms with Crippen molar-refractivity contribution < 1.29 is 14.6 Å². The summed E-state index contributed by atoms with van der Waals surface area (Å²) in [6.07, 6.45) is 1.05. The van der Waals surface area contributed by atoms with Crippen LogP contribution >= 0.6 is 0 Å². The third-order valence-corrected chi connectivity index (χ3v) is 4.15. The Kier molecular flexibility index (Phi) is 6.76. The van der Waals surface area contributed by atoms with Crippen LogP contribution in [-0.4, -0.2) is 54.5 Å². The van der Waals surface area contributed by atoms with Gasteiger partial charge in [0, 0.05) is 25.2 Å². The Balaban J connectivity index is 2.62. The van der Waals surface area contributed by atoms with Gasteiger partial charge in [-0.3, -0.25) is 4.90 Å². The molecular weight excluding hydrogens is 256 g/mol. The van der Waals surface area contributed by atoms with Crippen LogP contribution in [0.2, 0.25) is 0 Å². The molecule has 1 rings (SSSR count). The number of nitrogens with zero attached hydrogens (tertiary/aromatic N) is 1. The maximum Gasteiger partial charge on any atom is 0.407 e. The molecule has 0 aliphatic carbocycles. The first-order valence-corrected chi connectivity index (χ1v) is 7.60. The van der Waals surface area contributed by atoms with E-state index in [2.05, 4.69) is 28.8 Å². The second-order valence-corrected chi connectivity index (χ2v) is 6.53. The number of alkyl carbamates (subject to hydrolysis) is 1. The van der Waals surface area contributed by atoms with Crippen molar-refractivity contribution in [1.82, 2.24) is 10.2 Å². The lowest BCUT2D eigenvalue weighted by molar-refractivity contribution is 0.0513. The SMILES string of the molecule is COC(=O)NC1CC(CC(O)C(C)C)CN(C(C)C)C1. The summed E-state index contributed by atoms with van der Waals surface area (Å²) in [4.78, 5) is 13.8. The van der Waals surface area contributed by atoms with Gasteiger partial charge in [0.05, 0.1) is 13.2 Å². The van der Waals surface area contributed by atoms with Crippen LogP contribution in [0.5, 0.6) is 0 Å². The maximum atomic E-state index is 11.4. The Morgan fingerprint density at radius 3 is 2.50 bits per heavy atom. The Morgan fingerprint density at radius 1 is 1.35 bits per heavy atom. The molecule has 5 heteroatoms. The molecule has 1 saturated heterocycles. The predicted octanol–water partition coefficient (Wildman–Crippen LogP) is 1.85. The standard InChI is InChI=1S/C15H30N2O3/c1-10(2)14(18)7-12-6-13(16-15(19)20-5)9-17(8-12)11(3)4/h10-14,18H,6-9H2,1-5H3,(H,16,19). The van der Waals surface area contributed by atoms with Gasteiger partial charge >= 0.3 is 6.09 Å². The number of likely N-dealkylation sites (tertiary alicyclic amines) is 1. The number of methoxy groups -OCH3 is 1. The highest BCUT2D eigenvalue weighted by molar-refractivity contribution is 5.67. The molecule has 0 radical (unpaired) electrons. The van der Waals surface area contributed by atoms with E-state index in [9.17, 15) is 9.90 Å². The molecule has 1 aliphatic heterocycles. The maximum absolute atomic E-state index is 11.4. The fraction of sp³-hybridized carbons (Fsp3) is 0.933. The van der Waals surface area contributed by atoms with E-state index in [1.807, 2.05) is 13.8 Å². The summed E-state index contributed by atoms with van der Waals surface area (Å²) in [5.74, 6) is 0.683. The number of carbonyl (C=O) groups excluding carboxylic acids is 1. The summed E-state index contributed by atoms with van der Waals surface area (Å²) in [5.41, 5.74) is 0. The van der Waals surface area contributed by atoms with E-state index in [1.165, 1.54) is 7.11 Å². The molecule has 0 aromatic heterocycles. The smallest absolute Gasteiger partial charge is 0.407 e. The van der Waals surface area contributed by atoms with Crippen molar-refractivity contribution in [3.05, 3.63) is 0 Å². The summed E-state index contributed by atoms with van der Waals surface area (Å²) >= 11 is 0. The van der Waals surface area contributed by atoms with Gasteiger partial charge in [0.2, 0.25) is 0 Å². The fourth-order valence-corrected chi connectivity index (χ4v) is 2.78. The lowest BCUT2D eigenvalue weighted by atomic mass is 9.86. The van der Waals surface area contributed by atoms with Crippen molar-refractivity contribution in [3.63, 3.8) is 0 Å². The zero-order valence-corrected chi connectivity index (χ0v) is 13.4. The zero-order valence-electron chi connectivity index (χ0n) is 13.4. The second-order valence-electron chi connectivity index (χ2n) is 6.53. The molecule has 2 N–H and O–H groups in total. The minimum Gasteiger partial charge on any atom is -0.453 e. The van der Waals surface area contributed by atoms with Gasteiger partial charge < -0.3 is 15.2 Å². The minimum absolute atomic E-state index is 0.1000. The molecule has 0 aromatic rings. The lowest BCUT2D eigenvalue weighted by Crippen LogP contribution is -2.53. The molecule has 1 aliphatic rings. The van der Waals surface area contributed by atoms with Gasteiger partial charge in [0.15, 0.2) is 0 Å². The van der Waals surface area contributed by atoms with E-state index in [-0.39, 0.29) is 24.2 Å². The van der Waals surface area contributed by atoms with Crippen LogP contribution in [0.4, 0.5) is 4.79 Å². The molecule has 1 amide bonds. The van der Waals surface area contributed by atoms with Crippen LogP contribution in [0.25, 0.3) is 0 Å². The number of piperidine rings is 1. The van der Waals surface area contributed by atoms with Gasteiger partial charge in [-0.2, -0.15) is 0 Å². The van der Waals surface area contributed by atoms with Crippen LogP contribution in [0.1, 0.15) is 40.5 Å². The van der Waals surface area contributed by atoms with Crippen molar-refractivity contribution in [3.8, 4) is 0 Å². The summed E-state index contributed by atoms with van der Waals surface area (Å²) in [5, 5.41) is 13.0. The van der Waals surface area contributed by atoms with E-state index >= 15 is 0 Å². The molecule has 118 valence electrons. The van der Waals surface area contributed by atoms with Gasteiger partial charge in [-0.1, -0.05) is 13.8 Å². The van der Waals surface area contributed by atoms with Gasteiger partial charge in [-0.15, -0.1) is 0 Å². The van der Waals surface area contributed by atoms with Gasteiger partial charge in [0.1, 0.15) is 0 Å². The molecule has 0 spiro atoms. The first kappa shape index (κ1) is 17.2. The Hall–Kier alpha value is -0.810. The average molecular weight is 286 g/mol. The molecule has 0 aromatic carbocycles. The van der Waals surface area contributed by atoms with Crippen LogP contribution in [0.3, 0.4) is 0 Å². The number of ether oxygens (including phenoxy) is 1. The number of aliphatic hydroxyl groups excluding tert-OH is 1. The Labute approximate surface area is 122 Å². The van der Waals surface area contributed by atoms with Crippen molar-refractivity contribution in [2.24, 2.45) is 11.8 Å². The molecule has 0 bridgehead atoms. The number of aliphatic hydroxyl groups is 1. The lowest BCUT2D eigenvalue weighted by Gasteiger charge is -2.40. The van der Waals surface area contributed by atoms with Crippen LogP contribution in [-0.2, 0) is 4.74 Å². The van der Waals surface area contributed by atoms with E-state index in [1.54, 1.807) is 0 Å². The highest BCUT2D eigenvalue weighted by Crippen LogP contribution is 2.25. The van der Waals surface area contributed by atoms with Crippen LogP contribution < -0.4 is 5.32 Å². The number of hydrogen-bond donors (Lipinski definition) is 2. The summed E-state index contributed by atoms with van der Waals surface area (Å²) in [7, 11) is 1.39. The van der Waals surface area contributed by atoms with Gasteiger partial charge in [-0.25, -0.2) is 4.79 Å². The van der Waals surface area contributed by atoms with Gasteiger partial charge in [0.25, 0.3) is 0 Å². The molecule has 1 heterocycles. The first-order valence-electron chi connectivity index (χ1n) is 7.60. The van der Waals surface area contributed by atoms with Crippen LogP contribution in [0, 0.1) is 11.8 Å². The fourth-order valence-electron chi connectivity index (χ4n) is 2.78. The molecule has 3 atom stereocenters. The number of amides is 1. The summed E-state index contributed by atoms with van der Waals surface area (Å²) in [6.45, 7) is 10.2. The molecule has 20 heavy (non-hydrogen) atoms. The van der Waals surface area contributed by atoms with E-state index in [4.69, 9.17) is 0 Å². The monoisotopic (exact) mass is 286 g/mol. The van der Waals surface area contributed by atoms with Crippen molar-refractivity contribution in [2.75, 3.05) is 20.2 Å². The first-order chi connectivity index (χ1) is 9.33. The Morgan fingerprint density at radius 2 is 2.00 bits per heavy atom. The topological polar surface area (TPSA) is 61.8 Å². The summed E-state index contributed by atoms with van der Waals surface area (Å²) in [6, 6.07) is 0.541. The number of nitrogens with one attached hydrogen (secondary N) is 1. The van der Waals surface area contributed by atoms with Crippen molar-refractivity contribution in [2.45, 2.75) is 58.7 Å². The average Bonchev–Trinajstić information content (AvgIpc) is 2.37. The Bertz CT molecular complexity index is 305. The third-order valence-electron chi connectivity index (χ3n) is 4.15. The number of rotatable bonds is 5. The van der Waals surface area contributed by atoms with Gasteiger partial charge in [-0.05, 0) is 38.5 Å². The highest BCUT2D eigenvalue weighted by Gasteiger charge is 2.31. The number of carbonyl (C=O) groups is 1. The van der Waals surface area contributed by atoms with E-state index in [0.29, 0.717) is 12.0 Å².